The quantitative estimate of drug-likeness (QED) is 0.382. The maximum absolute atomic E-state index is 13.2. The molecule has 2 aromatic heterocycles. The molecule has 152 valence electrons. The number of hydrogen-bond acceptors (Lipinski definition) is 5. The number of carbonyl (C=O) groups excluding carboxylic acids is 1. The molecule has 2 aromatic rings. The molecule has 0 radical (unpaired) electrons. The van der Waals surface area contributed by atoms with Gasteiger partial charge in [0, 0.05) is 23.5 Å². The molecule has 3 rings (SSSR count). The Hall–Kier alpha value is -1.60. The minimum absolute atomic E-state index is 0.00368. The molecule has 0 fully saturated rings. The average molecular weight is 420 g/mol. The first-order chi connectivity index (χ1) is 13.3. The van der Waals surface area contributed by atoms with Gasteiger partial charge in [-0.05, 0) is 59.4 Å². The molecule has 1 atom stereocenters. The predicted molar refractivity (Wildman–Crippen MR) is 119 cm³/mol. The van der Waals surface area contributed by atoms with Crippen LogP contribution in [-0.2, 0) is 24.2 Å². The molecule has 0 aromatic carbocycles. The zero-order valence-electron chi connectivity index (χ0n) is 17.3. The van der Waals surface area contributed by atoms with Gasteiger partial charge in [-0.3, -0.25) is 14.2 Å². The molecule has 0 bridgehead atoms. The topological polar surface area (TPSA) is 55.2 Å². The third-order valence-electron chi connectivity index (χ3n) is 5.10. The van der Waals surface area contributed by atoms with E-state index in [1.54, 1.807) is 22.0 Å². The minimum atomic E-state index is -0.322. The van der Waals surface area contributed by atoms with Crippen LogP contribution in [0.5, 0.6) is 0 Å². The van der Waals surface area contributed by atoms with Gasteiger partial charge in [0.05, 0.1) is 10.6 Å². The fourth-order valence-corrected chi connectivity index (χ4v) is 6.24. The van der Waals surface area contributed by atoms with Crippen LogP contribution >= 0.6 is 23.1 Å². The van der Waals surface area contributed by atoms with Crippen molar-refractivity contribution in [1.29, 1.82) is 0 Å². The molecule has 1 aliphatic carbocycles. The SMILES string of the molecule is C=CCn1c(S[C@@H](C)C(=O)N(C(C)C)C(C)C)nc2sc3c(c2c1=O)CCC3. The largest absolute Gasteiger partial charge is 0.337 e. The Morgan fingerprint density at radius 3 is 2.57 bits per heavy atom. The van der Waals surface area contributed by atoms with Gasteiger partial charge < -0.3 is 4.90 Å². The van der Waals surface area contributed by atoms with Gasteiger partial charge in [0.15, 0.2) is 5.16 Å². The zero-order chi connectivity index (χ0) is 20.6. The summed E-state index contributed by atoms with van der Waals surface area (Å²) in [5.74, 6) is 0.0724. The second-order valence-corrected chi connectivity index (χ2v) is 10.2. The molecule has 0 N–H and O–H groups in total. The predicted octanol–water partition coefficient (Wildman–Crippen LogP) is 4.26. The Balaban J connectivity index is 2.00. The number of carbonyl (C=O) groups is 1. The molecule has 2 heterocycles. The number of rotatable bonds is 7. The molecule has 5 nitrogen and oxygen atoms in total. The molecule has 7 heteroatoms. The molecule has 28 heavy (non-hydrogen) atoms. The van der Waals surface area contributed by atoms with Crippen molar-refractivity contribution in [1.82, 2.24) is 14.5 Å². The van der Waals surface area contributed by atoms with E-state index < -0.39 is 0 Å². The Kier molecular flexibility index (Phi) is 6.34. The summed E-state index contributed by atoms with van der Waals surface area (Å²) in [6.07, 6.45) is 4.82. The summed E-state index contributed by atoms with van der Waals surface area (Å²) in [6.45, 7) is 14.2. The second kappa shape index (κ2) is 8.41. The smallest absolute Gasteiger partial charge is 0.263 e. The monoisotopic (exact) mass is 419 g/mol. The van der Waals surface area contributed by atoms with Crippen molar-refractivity contribution in [2.24, 2.45) is 0 Å². The highest BCUT2D eigenvalue weighted by molar-refractivity contribution is 8.00. The van der Waals surface area contributed by atoms with Crippen molar-refractivity contribution in [3.05, 3.63) is 33.4 Å². The molecule has 0 unspecified atom stereocenters. The molecule has 1 amide bonds. The number of thioether (sulfide) groups is 1. The minimum Gasteiger partial charge on any atom is -0.337 e. The van der Waals surface area contributed by atoms with E-state index in [2.05, 4.69) is 6.58 Å². The van der Waals surface area contributed by atoms with Crippen LogP contribution in [0, 0.1) is 0 Å². The van der Waals surface area contributed by atoms with Gasteiger partial charge in [0.2, 0.25) is 5.91 Å². The molecular formula is C21H29N3O2S2. The Labute approximate surface area is 174 Å². The van der Waals surface area contributed by atoms with E-state index in [0.717, 1.165) is 29.5 Å². The van der Waals surface area contributed by atoms with Crippen LogP contribution in [0.4, 0.5) is 0 Å². The van der Waals surface area contributed by atoms with Crippen LogP contribution in [0.3, 0.4) is 0 Å². The lowest BCUT2D eigenvalue weighted by Crippen LogP contribution is -2.45. The number of nitrogens with zero attached hydrogens (tertiary/aromatic N) is 3. The van der Waals surface area contributed by atoms with Crippen LogP contribution in [-0.4, -0.2) is 37.7 Å². The maximum atomic E-state index is 13.2. The summed E-state index contributed by atoms with van der Waals surface area (Å²) in [5, 5.41) is 1.05. The molecule has 0 saturated heterocycles. The Morgan fingerprint density at radius 1 is 1.29 bits per heavy atom. The lowest BCUT2D eigenvalue weighted by Gasteiger charge is -2.33. The zero-order valence-corrected chi connectivity index (χ0v) is 19.0. The molecule has 0 spiro atoms. The van der Waals surface area contributed by atoms with Gasteiger partial charge in [-0.1, -0.05) is 17.8 Å². The third-order valence-corrected chi connectivity index (χ3v) is 7.36. The van der Waals surface area contributed by atoms with Gasteiger partial charge in [-0.25, -0.2) is 4.98 Å². The summed E-state index contributed by atoms with van der Waals surface area (Å²) in [5.41, 5.74) is 1.18. The lowest BCUT2D eigenvalue weighted by atomic mass is 10.2. The highest BCUT2D eigenvalue weighted by atomic mass is 32.2. The van der Waals surface area contributed by atoms with Crippen LogP contribution < -0.4 is 5.56 Å². The van der Waals surface area contributed by atoms with Gasteiger partial charge >= 0.3 is 0 Å². The number of aryl methyl sites for hydroxylation is 2. The first-order valence-corrected chi connectivity index (χ1v) is 11.6. The summed E-state index contributed by atoms with van der Waals surface area (Å²) in [6, 6.07) is 0.253. The highest BCUT2D eigenvalue weighted by Gasteiger charge is 2.28. The number of fused-ring (bicyclic) bond motifs is 3. The van der Waals surface area contributed by atoms with E-state index >= 15 is 0 Å². The molecule has 1 aliphatic rings. The fraction of sp³-hybridized carbons (Fsp3) is 0.571. The second-order valence-electron chi connectivity index (χ2n) is 7.83. The van der Waals surface area contributed by atoms with Crippen molar-refractivity contribution in [3.8, 4) is 0 Å². The summed E-state index contributed by atoms with van der Waals surface area (Å²) in [4.78, 5) is 35.1. The first-order valence-electron chi connectivity index (χ1n) is 9.91. The van der Waals surface area contributed by atoms with E-state index in [1.165, 1.54) is 22.2 Å². The van der Waals surface area contributed by atoms with Crippen molar-refractivity contribution >= 4 is 39.2 Å². The normalized spacial score (nSPS) is 14.7. The fourth-order valence-electron chi connectivity index (χ4n) is 3.96. The van der Waals surface area contributed by atoms with Crippen LogP contribution in [0.15, 0.2) is 22.6 Å². The van der Waals surface area contributed by atoms with E-state index in [1.807, 2.05) is 39.5 Å². The number of allylic oxidation sites excluding steroid dienone is 1. The summed E-state index contributed by atoms with van der Waals surface area (Å²) >= 11 is 3.00. The van der Waals surface area contributed by atoms with E-state index in [9.17, 15) is 9.59 Å². The van der Waals surface area contributed by atoms with Gasteiger partial charge in [0.25, 0.3) is 5.56 Å². The van der Waals surface area contributed by atoms with Crippen LogP contribution in [0.2, 0.25) is 0 Å². The van der Waals surface area contributed by atoms with Crippen molar-refractivity contribution in [2.75, 3.05) is 0 Å². The van der Waals surface area contributed by atoms with Gasteiger partial charge in [-0.2, -0.15) is 0 Å². The van der Waals surface area contributed by atoms with Crippen molar-refractivity contribution in [2.45, 2.75) is 82.9 Å². The van der Waals surface area contributed by atoms with Crippen molar-refractivity contribution in [3.63, 3.8) is 0 Å². The van der Waals surface area contributed by atoms with Crippen LogP contribution in [0.1, 0.15) is 51.5 Å². The standard InChI is InChI=1S/C21H29N3O2S2/c1-7-11-23-20(26)17-15-9-8-10-16(15)28-18(17)22-21(23)27-14(6)19(25)24(12(2)3)13(4)5/h7,12-14H,1,8-11H2,2-6H3/t14-/m0/s1. The van der Waals surface area contributed by atoms with Crippen LogP contribution in [0.25, 0.3) is 10.2 Å². The van der Waals surface area contributed by atoms with E-state index in [-0.39, 0.29) is 28.8 Å². The number of amides is 1. The molecule has 0 saturated carbocycles. The van der Waals surface area contributed by atoms with Gasteiger partial charge in [0.1, 0.15) is 4.83 Å². The number of aromatic nitrogens is 2. The molecule has 0 aliphatic heterocycles. The van der Waals surface area contributed by atoms with E-state index in [4.69, 9.17) is 4.98 Å². The highest BCUT2D eigenvalue weighted by Crippen LogP contribution is 2.36. The number of hydrogen-bond donors (Lipinski definition) is 0. The van der Waals surface area contributed by atoms with Gasteiger partial charge in [-0.15, -0.1) is 17.9 Å². The number of thiophene rings is 1. The Morgan fingerprint density at radius 2 is 1.96 bits per heavy atom. The summed E-state index contributed by atoms with van der Waals surface area (Å²) in [7, 11) is 0. The first kappa shape index (κ1) is 21.1. The lowest BCUT2D eigenvalue weighted by molar-refractivity contribution is -0.133. The van der Waals surface area contributed by atoms with E-state index in [0.29, 0.717) is 11.7 Å². The molecular weight excluding hydrogens is 390 g/mol. The third kappa shape index (κ3) is 3.79. The van der Waals surface area contributed by atoms with Crippen molar-refractivity contribution < 1.29 is 4.79 Å². The maximum Gasteiger partial charge on any atom is 0.263 e. The Bertz CT molecular complexity index is 951. The average Bonchev–Trinajstić information content (AvgIpc) is 3.18. The summed E-state index contributed by atoms with van der Waals surface area (Å²) < 4.78 is 1.67.